The highest BCUT2D eigenvalue weighted by atomic mass is 19.4. The first-order valence-corrected chi connectivity index (χ1v) is 14.3. The van der Waals surface area contributed by atoms with Gasteiger partial charge in [-0.05, 0) is 65.9 Å². The Morgan fingerprint density at radius 1 is 1.25 bits per heavy atom. The van der Waals surface area contributed by atoms with Gasteiger partial charge in [-0.1, -0.05) is 12.2 Å². The lowest BCUT2D eigenvalue weighted by molar-refractivity contribution is -0.137. The van der Waals surface area contributed by atoms with Gasteiger partial charge in [0.2, 0.25) is 12.4 Å². The van der Waals surface area contributed by atoms with Crippen LogP contribution in [0.5, 0.6) is 0 Å². The average molecular weight is 614 g/mol. The molecule has 0 spiro atoms. The summed E-state index contributed by atoms with van der Waals surface area (Å²) in [5, 5.41) is 8.66. The molecular formula is C30H38F3N9O2. The van der Waals surface area contributed by atoms with Crippen molar-refractivity contribution in [1.29, 1.82) is 0 Å². The number of rotatable bonds is 9. The van der Waals surface area contributed by atoms with E-state index in [1.54, 1.807) is 43.9 Å². The third kappa shape index (κ3) is 6.54. The molecule has 1 N–H and O–H groups in total. The maximum absolute atomic E-state index is 14.3. The number of amides is 1. The van der Waals surface area contributed by atoms with Gasteiger partial charge in [0.1, 0.15) is 5.39 Å². The number of hydrogen-bond acceptors (Lipinski definition) is 8. The van der Waals surface area contributed by atoms with Crippen LogP contribution in [0.2, 0.25) is 0 Å². The van der Waals surface area contributed by atoms with Crippen LogP contribution in [0.25, 0.3) is 11.0 Å². The molecule has 236 valence electrons. The molecule has 0 saturated carbocycles. The van der Waals surface area contributed by atoms with Crippen LogP contribution in [0.3, 0.4) is 0 Å². The van der Waals surface area contributed by atoms with Gasteiger partial charge >= 0.3 is 6.18 Å². The van der Waals surface area contributed by atoms with Gasteiger partial charge < -0.3 is 10.2 Å². The molecule has 4 rings (SSSR count). The molecule has 2 atom stereocenters. The SMILES string of the molecule is C=CCn1c(=O)c2cnc(Nc3ccc(N4CC(C)N(C)C(C)C4)c(C(F)(F)F)c3)nc2n1C(/C=C\C)=N/N(C=O)C(C)C. The summed E-state index contributed by atoms with van der Waals surface area (Å²) in [5.41, 5.74) is -0.811. The van der Waals surface area contributed by atoms with Gasteiger partial charge in [0.25, 0.3) is 5.56 Å². The quantitative estimate of drug-likeness (QED) is 0.123. The van der Waals surface area contributed by atoms with E-state index < -0.39 is 17.3 Å². The van der Waals surface area contributed by atoms with Crippen molar-refractivity contribution in [2.75, 3.05) is 30.4 Å². The van der Waals surface area contributed by atoms with Crippen molar-refractivity contribution >= 4 is 40.6 Å². The van der Waals surface area contributed by atoms with Gasteiger partial charge in [-0.3, -0.25) is 14.5 Å². The molecule has 1 aliphatic heterocycles. The minimum absolute atomic E-state index is 0.0272. The van der Waals surface area contributed by atoms with Crippen molar-refractivity contribution in [3.05, 3.63) is 65.1 Å². The van der Waals surface area contributed by atoms with Crippen LogP contribution >= 0.6 is 0 Å². The molecule has 3 aromatic rings. The normalized spacial score (nSPS) is 18.4. The number of halogens is 3. The molecule has 0 aliphatic carbocycles. The zero-order valence-electron chi connectivity index (χ0n) is 25.7. The van der Waals surface area contributed by atoms with Crippen LogP contribution in [-0.4, -0.2) is 79.7 Å². The second-order valence-corrected chi connectivity index (χ2v) is 11.1. The Morgan fingerprint density at radius 2 is 1.93 bits per heavy atom. The molecule has 11 nitrogen and oxygen atoms in total. The zero-order chi connectivity index (χ0) is 32.3. The van der Waals surface area contributed by atoms with Crippen LogP contribution in [0.1, 0.15) is 40.2 Å². The van der Waals surface area contributed by atoms with Crippen LogP contribution < -0.4 is 15.8 Å². The fourth-order valence-corrected chi connectivity index (χ4v) is 5.13. The summed E-state index contributed by atoms with van der Waals surface area (Å²) in [6.45, 7) is 14.1. The van der Waals surface area contributed by atoms with Gasteiger partial charge in [-0.15, -0.1) is 6.58 Å². The molecular weight excluding hydrogens is 575 g/mol. The number of benzene rings is 1. The maximum atomic E-state index is 14.3. The van der Waals surface area contributed by atoms with E-state index in [-0.39, 0.29) is 58.9 Å². The van der Waals surface area contributed by atoms with E-state index in [1.165, 1.54) is 32.7 Å². The molecule has 3 heterocycles. The Balaban J connectivity index is 1.81. The van der Waals surface area contributed by atoms with Gasteiger partial charge in [0, 0.05) is 48.8 Å². The third-order valence-electron chi connectivity index (χ3n) is 7.62. The summed E-state index contributed by atoms with van der Waals surface area (Å²) < 4.78 is 45.8. The van der Waals surface area contributed by atoms with Crippen LogP contribution in [0.4, 0.5) is 30.5 Å². The van der Waals surface area contributed by atoms with Crippen molar-refractivity contribution in [1.82, 2.24) is 29.2 Å². The number of carbonyl (C=O) groups excluding carboxylic acids is 1. The fourth-order valence-electron chi connectivity index (χ4n) is 5.13. The molecule has 1 aliphatic rings. The number of hydrogen-bond donors (Lipinski definition) is 1. The Kier molecular flexibility index (Phi) is 9.62. The molecule has 2 unspecified atom stereocenters. The Hall–Kier alpha value is -4.46. The van der Waals surface area contributed by atoms with Crippen LogP contribution in [0.15, 0.2) is 59.1 Å². The fraction of sp³-hybridized carbons (Fsp3) is 0.433. The molecule has 44 heavy (non-hydrogen) atoms. The minimum atomic E-state index is -4.60. The van der Waals surface area contributed by atoms with Crippen molar-refractivity contribution in [3.8, 4) is 0 Å². The average Bonchev–Trinajstić information content (AvgIpc) is 3.23. The molecule has 0 bridgehead atoms. The summed E-state index contributed by atoms with van der Waals surface area (Å²) in [4.78, 5) is 37.7. The number of nitrogens with zero attached hydrogens (tertiary/aromatic N) is 8. The highest BCUT2D eigenvalue weighted by Gasteiger charge is 2.37. The van der Waals surface area contributed by atoms with E-state index in [0.29, 0.717) is 19.5 Å². The standard InChI is InChI=1S/C30H38F3N9O2/c1-8-10-26(37-40(18-43)19(3)4)42-27-23(28(44)41(42)13-9-2)15-34-29(36-27)35-22-11-12-25(24(14-22)30(31,32)33)39-16-20(5)38(7)21(6)17-39/h8-12,14-15,18-21H,2,13,16-17H2,1,3-7H3,(H,34,35,36)/b10-8-,37-26+. The smallest absolute Gasteiger partial charge is 0.368 e. The molecule has 2 aromatic heterocycles. The molecule has 1 saturated heterocycles. The molecule has 1 fully saturated rings. The topological polar surface area (TPSA) is 104 Å². The number of anilines is 3. The van der Waals surface area contributed by atoms with E-state index in [1.807, 2.05) is 20.9 Å². The van der Waals surface area contributed by atoms with E-state index >= 15 is 0 Å². The van der Waals surface area contributed by atoms with Crippen LogP contribution in [0, 0.1) is 0 Å². The number of allylic oxidation sites excluding steroid dienone is 3. The Bertz CT molecular complexity index is 1630. The van der Waals surface area contributed by atoms with Gasteiger partial charge in [-0.25, -0.2) is 19.4 Å². The number of carbonyl (C=O) groups is 1. The molecule has 1 amide bonds. The third-order valence-corrected chi connectivity index (χ3v) is 7.62. The first-order chi connectivity index (χ1) is 20.8. The van der Waals surface area contributed by atoms with Gasteiger partial charge in [0.15, 0.2) is 11.5 Å². The summed E-state index contributed by atoms with van der Waals surface area (Å²) in [5.74, 6) is 0.187. The lowest BCUT2D eigenvalue weighted by atomic mass is 10.0. The van der Waals surface area contributed by atoms with E-state index in [4.69, 9.17) is 0 Å². The molecule has 14 heteroatoms. The number of alkyl halides is 3. The highest BCUT2D eigenvalue weighted by molar-refractivity contribution is 5.99. The molecule has 0 radical (unpaired) electrons. The van der Waals surface area contributed by atoms with Crippen molar-refractivity contribution in [2.45, 2.75) is 65.5 Å². The number of hydrazone groups is 1. The lowest BCUT2D eigenvalue weighted by Gasteiger charge is -2.44. The largest absolute Gasteiger partial charge is 0.418 e. The van der Waals surface area contributed by atoms with Gasteiger partial charge in [0.05, 0.1) is 12.1 Å². The van der Waals surface area contributed by atoms with E-state index in [9.17, 15) is 22.8 Å². The first kappa shape index (κ1) is 32.5. The summed E-state index contributed by atoms with van der Waals surface area (Å²) >= 11 is 0. The van der Waals surface area contributed by atoms with Crippen molar-refractivity contribution in [3.63, 3.8) is 0 Å². The second-order valence-electron chi connectivity index (χ2n) is 11.1. The number of likely N-dealkylation sites (N-methyl/N-ethyl adjacent to an activating group) is 1. The predicted molar refractivity (Wildman–Crippen MR) is 166 cm³/mol. The van der Waals surface area contributed by atoms with Crippen molar-refractivity contribution in [2.24, 2.45) is 5.10 Å². The van der Waals surface area contributed by atoms with Crippen molar-refractivity contribution < 1.29 is 18.0 Å². The number of nitrogens with one attached hydrogen (secondary N) is 1. The first-order valence-electron chi connectivity index (χ1n) is 14.3. The Labute approximate surface area is 253 Å². The number of piperazine rings is 1. The maximum Gasteiger partial charge on any atom is 0.418 e. The van der Waals surface area contributed by atoms with Gasteiger partial charge in [-0.2, -0.15) is 23.3 Å². The van der Waals surface area contributed by atoms with E-state index in [2.05, 4.69) is 31.9 Å². The monoisotopic (exact) mass is 613 g/mol. The number of aromatic nitrogens is 4. The van der Waals surface area contributed by atoms with Crippen LogP contribution in [-0.2, 0) is 17.5 Å². The zero-order valence-corrected chi connectivity index (χ0v) is 25.7. The number of fused-ring (bicyclic) bond motifs is 1. The summed E-state index contributed by atoms with van der Waals surface area (Å²) in [7, 11) is 1.97. The lowest BCUT2D eigenvalue weighted by Crippen LogP contribution is -2.55. The predicted octanol–water partition coefficient (Wildman–Crippen LogP) is 4.67. The molecule has 1 aromatic carbocycles. The highest BCUT2D eigenvalue weighted by Crippen LogP contribution is 2.39. The Morgan fingerprint density at radius 3 is 2.50 bits per heavy atom. The summed E-state index contributed by atoms with van der Waals surface area (Å²) in [6.07, 6.45) is 2.11. The van der Waals surface area contributed by atoms with E-state index in [0.717, 1.165) is 6.07 Å². The summed E-state index contributed by atoms with van der Waals surface area (Å²) in [6, 6.07) is 3.95. The minimum Gasteiger partial charge on any atom is -0.368 e. The second kappa shape index (κ2) is 13.0.